The average Bonchev–Trinajstić information content (AvgIpc) is 3.18. The van der Waals surface area contributed by atoms with Gasteiger partial charge in [-0.05, 0) is 48.6 Å². The van der Waals surface area contributed by atoms with Crippen molar-refractivity contribution in [3.63, 3.8) is 0 Å². The first-order valence-corrected chi connectivity index (χ1v) is 8.32. The molecule has 1 aliphatic heterocycles. The Morgan fingerprint density at radius 3 is 2.75 bits per heavy atom. The van der Waals surface area contributed by atoms with E-state index in [9.17, 15) is 9.59 Å². The lowest BCUT2D eigenvalue weighted by Gasteiger charge is -2.02. The fourth-order valence-electron chi connectivity index (χ4n) is 2.21. The molecular weight excluding hydrogens is 326 g/mol. The number of carbonyl (C=O) groups excluding carboxylic acids is 2. The summed E-state index contributed by atoms with van der Waals surface area (Å²) < 4.78 is 10.2. The van der Waals surface area contributed by atoms with Crippen LogP contribution < -0.4 is 4.74 Å². The highest BCUT2D eigenvalue weighted by atomic mass is 32.1. The maximum Gasteiger partial charge on any atom is 0.363 e. The van der Waals surface area contributed by atoms with Gasteiger partial charge in [-0.1, -0.05) is 12.1 Å². The number of esters is 2. The van der Waals surface area contributed by atoms with Crippen LogP contribution in [0.5, 0.6) is 5.75 Å². The predicted octanol–water partition coefficient (Wildman–Crippen LogP) is 3.49. The third kappa shape index (κ3) is 3.97. The predicted molar refractivity (Wildman–Crippen MR) is 91.1 cm³/mol. The largest absolute Gasteiger partial charge is 0.427 e. The number of allylic oxidation sites excluding steroid dienone is 1. The normalized spacial score (nSPS) is 15.3. The van der Waals surface area contributed by atoms with Crippen molar-refractivity contribution < 1.29 is 19.1 Å². The van der Waals surface area contributed by atoms with Crippen LogP contribution in [0, 0.1) is 0 Å². The highest BCUT2D eigenvalue weighted by Crippen LogP contribution is 2.20. The summed E-state index contributed by atoms with van der Waals surface area (Å²) >= 11 is 1.69. The number of benzene rings is 1. The van der Waals surface area contributed by atoms with Crippen LogP contribution in [-0.2, 0) is 20.7 Å². The lowest BCUT2D eigenvalue weighted by atomic mass is 10.2. The molecule has 0 spiro atoms. The molecule has 122 valence electrons. The second-order valence-electron chi connectivity index (χ2n) is 5.13. The van der Waals surface area contributed by atoms with E-state index in [0.29, 0.717) is 17.0 Å². The van der Waals surface area contributed by atoms with E-state index in [0.717, 1.165) is 12.8 Å². The van der Waals surface area contributed by atoms with E-state index in [1.807, 2.05) is 11.4 Å². The number of ether oxygens (including phenoxy) is 2. The maximum absolute atomic E-state index is 11.9. The Labute approximate surface area is 143 Å². The molecule has 1 aromatic carbocycles. The van der Waals surface area contributed by atoms with Gasteiger partial charge in [-0.25, -0.2) is 9.79 Å². The average molecular weight is 341 g/mol. The molecule has 3 rings (SSSR count). The van der Waals surface area contributed by atoms with E-state index in [1.54, 1.807) is 41.7 Å². The maximum atomic E-state index is 11.9. The van der Waals surface area contributed by atoms with Gasteiger partial charge < -0.3 is 9.47 Å². The lowest BCUT2D eigenvalue weighted by Crippen LogP contribution is -2.06. The van der Waals surface area contributed by atoms with E-state index < -0.39 is 5.97 Å². The quantitative estimate of drug-likeness (QED) is 0.474. The summed E-state index contributed by atoms with van der Waals surface area (Å²) in [5, 5.41) is 2.03. The Kier molecular flexibility index (Phi) is 4.86. The molecule has 0 fully saturated rings. The Morgan fingerprint density at radius 2 is 2.08 bits per heavy atom. The molecule has 0 radical (unpaired) electrons. The molecule has 24 heavy (non-hydrogen) atoms. The Hall–Kier alpha value is -2.73. The van der Waals surface area contributed by atoms with Crippen molar-refractivity contribution in [2.45, 2.75) is 19.8 Å². The van der Waals surface area contributed by atoms with Gasteiger partial charge in [0.1, 0.15) is 11.4 Å². The molecule has 1 aliphatic rings. The van der Waals surface area contributed by atoms with Crippen molar-refractivity contribution in [3.8, 4) is 5.75 Å². The summed E-state index contributed by atoms with van der Waals surface area (Å²) in [6, 6.07) is 10.7. The van der Waals surface area contributed by atoms with Crippen LogP contribution in [0.4, 0.5) is 0 Å². The number of aryl methyl sites for hydroxylation is 1. The molecule has 5 nitrogen and oxygen atoms in total. The first-order chi connectivity index (χ1) is 11.6. The van der Waals surface area contributed by atoms with Crippen LogP contribution in [0.2, 0.25) is 0 Å². The fourth-order valence-corrected chi connectivity index (χ4v) is 2.93. The molecule has 0 N–H and O–H groups in total. The molecular formula is C18H15NO4S. The molecule has 0 bridgehead atoms. The number of thiophene rings is 1. The highest BCUT2D eigenvalue weighted by molar-refractivity contribution is 7.09. The van der Waals surface area contributed by atoms with E-state index >= 15 is 0 Å². The molecule has 0 amide bonds. The van der Waals surface area contributed by atoms with Crippen molar-refractivity contribution in [3.05, 3.63) is 64.0 Å². The standard InChI is InChI=1S/C18H15NO4S/c1-12(20)22-14-9-7-13(8-10-14)17-19-16(18(21)23-17)6-2-4-15-5-3-11-24-15/h3,5-11H,2,4H2,1H3/b16-6-. The van der Waals surface area contributed by atoms with Crippen molar-refractivity contribution in [2.75, 3.05) is 0 Å². The molecule has 1 aromatic heterocycles. The summed E-state index contributed by atoms with van der Waals surface area (Å²) in [5.74, 6) is -0.136. The van der Waals surface area contributed by atoms with Gasteiger partial charge in [0, 0.05) is 17.4 Å². The van der Waals surface area contributed by atoms with E-state index in [1.165, 1.54) is 11.8 Å². The third-order valence-corrected chi connectivity index (χ3v) is 4.23. The van der Waals surface area contributed by atoms with Gasteiger partial charge in [-0.2, -0.15) is 0 Å². The van der Waals surface area contributed by atoms with Crippen LogP contribution in [0.15, 0.2) is 58.5 Å². The lowest BCUT2D eigenvalue weighted by molar-refractivity contribution is -0.132. The molecule has 0 aliphatic carbocycles. The summed E-state index contributed by atoms with van der Waals surface area (Å²) in [4.78, 5) is 28.3. The van der Waals surface area contributed by atoms with E-state index in [2.05, 4.69) is 11.1 Å². The number of nitrogens with zero attached hydrogens (tertiary/aromatic N) is 1. The minimum absolute atomic E-state index is 0.261. The van der Waals surface area contributed by atoms with Crippen LogP contribution in [0.1, 0.15) is 23.8 Å². The summed E-state index contributed by atoms with van der Waals surface area (Å²) in [5.41, 5.74) is 0.978. The Morgan fingerprint density at radius 1 is 1.29 bits per heavy atom. The number of cyclic esters (lactones) is 1. The topological polar surface area (TPSA) is 65.0 Å². The molecule has 0 saturated carbocycles. The van der Waals surface area contributed by atoms with Crippen molar-refractivity contribution in [1.29, 1.82) is 0 Å². The van der Waals surface area contributed by atoms with Crippen LogP contribution >= 0.6 is 11.3 Å². The Balaban J connectivity index is 1.67. The first kappa shape index (κ1) is 16.1. The fraction of sp³-hybridized carbons (Fsp3) is 0.167. The van der Waals surface area contributed by atoms with E-state index in [4.69, 9.17) is 9.47 Å². The van der Waals surface area contributed by atoms with Gasteiger partial charge >= 0.3 is 11.9 Å². The zero-order valence-corrected chi connectivity index (χ0v) is 13.8. The molecule has 0 unspecified atom stereocenters. The summed E-state index contributed by atoms with van der Waals surface area (Å²) in [7, 11) is 0. The van der Waals surface area contributed by atoms with Crippen LogP contribution in [-0.4, -0.2) is 17.8 Å². The number of aliphatic imine (C=N–C) groups is 1. The van der Waals surface area contributed by atoms with Crippen molar-refractivity contribution in [2.24, 2.45) is 4.99 Å². The monoisotopic (exact) mass is 341 g/mol. The molecule has 0 saturated heterocycles. The van der Waals surface area contributed by atoms with E-state index in [-0.39, 0.29) is 11.9 Å². The molecule has 6 heteroatoms. The highest BCUT2D eigenvalue weighted by Gasteiger charge is 2.23. The van der Waals surface area contributed by atoms with Gasteiger partial charge in [0.15, 0.2) is 0 Å². The third-order valence-electron chi connectivity index (χ3n) is 3.29. The van der Waals surface area contributed by atoms with Gasteiger partial charge in [0.25, 0.3) is 0 Å². The van der Waals surface area contributed by atoms with Crippen molar-refractivity contribution in [1.82, 2.24) is 0 Å². The summed E-state index contributed by atoms with van der Waals surface area (Å²) in [6.07, 6.45) is 3.39. The van der Waals surface area contributed by atoms with Gasteiger partial charge in [-0.15, -0.1) is 11.3 Å². The second kappa shape index (κ2) is 7.23. The van der Waals surface area contributed by atoms with Crippen molar-refractivity contribution >= 4 is 29.2 Å². The Bertz CT molecular complexity index is 804. The molecule has 2 aromatic rings. The number of hydrogen-bond donors (Lipinski definition) is 0. The zero-order chi connectivity index (χ0) is 16.9. The molecule has 0 atom stereocenters. The van der Waals surface area contributed by atoms with Gasteiger partial charge in [-0.3, -0.25) is 4.79 Å². The first-order valence-electron chi connectivity index (χ1n) is 7.44. The SMILES string of the molecule is CC(=O)Oc1ccc(C2=N/C(=C\CCc3cccs3)C(=O)O2)cc1. The number of rotatable bonds is 5. The number of carbonyl (C=O) groups is 2. The van der Waals surface area contributed by atoms with Gasteiger partial charge in [0.05, 0.1) is 0 Å². The zero-order valence-electron chi connectivity index (χ0n) is 13.0. The number of hydrogen-bond acceptors (Lipinski definition) is 6. The van der Waals surface area contributed by atoms with Crippen LogP contribution in [0.25, 0.3) is 0 Å². The smallest absolute Gasteiger partial charge is 0.363 e. The summed E-state index contributed by atoms with van der Waals surface area (Å²) in [6.45, 7) is 1.34. The minimum atomic E-state index is -0.444. The minimum Gasteiger partial charge on any atom is -0.427 e. The van der Waals surface area contributed by atoms with Gasteiger partial charge in [0.2, 0.25) is 5.90 Å². The van der Waals surface area contributed by atoms with Crippen LogP contribution in [0.3, 0.4) is 0 Å². The second-order valence-corrected chi connectivity index (χ2v) is 6.16. The molecule has 2 heterocycles.